The van der Waals surface area contributed by atoms with Crippen LogP contribution in [0.5, 0.6) is 11.5 Å². The highest BCUT2D eigenvalue weighted by molar-refractivity contribution is 6.31. The molecular formula is C27H27ClFNO6. The van der Waals surface area contributed by atoms with Gasteiger partial charge in [0, 0.05) is 29.5 Å². The number of halogens is 2. The molecule has 0 bridgehead atoms. The number of ketones is 1. The van der Waals surface area contributed by atoms with Gasteiger partial charge in [-0.25, -0.2) is 9.18 Å². The van der Waals surface area contributed by atoms with Gasteiger partial charge in [0.2, 0.25) is 5.88 Å². The fraction of sp³-hybridized carbons (Fsp3) is 0.333. The molecule has 7 nitrogen and oxygen atoms in total. The van der Waals surface area contributed by atoms with Crippen molar-refractivity contribution in [3.05, 3.63) is 81.2 Å². The number of hydrogen-bond donors (Lipinski definition) is 1. The first-order valence-electron chi connectivity index (χ1n) is 11.3. The molecule has 0 amide bonds. The lowest BCUT2D eigenvalue weighted by molar-refractivity contribution is -0.136. The lowest BCUT2D eigenvalue weighted by Crippen LogP contribution is -2.35. The van der Waals surface area contributed by atoms with E-state index in [9.17, 15) is 14.0 Å². The summed E-state index contributed by atoms with van der Waals surface area (Å²) in [4.78, 5) is 26.3. The van der Waals surface area contributed by atoms with E-state index in [0.29, 0.717) is 29.1 Å². The first kappa shape index (κ1) is 25.6. The summed E-state index contributed by atoms with van der Waals surface area (Å²) in [7, 11) is 2.68. The monoisotopic (exact) mass is 515 g/mol. The third-order valence-electron chi connectivity index (χ3n) is 6.32. The van der Waals surface area contributed by atoms with E-state index >= 15 is 0 Å². The molecule has 1 atom stereocenters. The topological polar surface area (TPSA) is 97.1 Å². The third-order valence-corrected chi connectivity index (χ3v) is 6.68. The number of benzene rings is 2. The Kier molecular flexibility index (Phi) is 7.00. The maximum absolute atomic E-state index is 14.5. The van der Waals surface area contributed by atoms with Gasteiger partial charge in [0.15, 0.2) is 17.3 Å². The molecule has 0 radical (unpaired) electrons. The number of allylic oxidation sites excluding steroid dienone is 2. The van der Waals surface area contributed by atoms with E-state index in [0.717, 1.165) is 0 Å². The highest BCUT2D eigenvalue weighted by atomic mass is 35.5. The van der Waals surface area contributed by atoms with Crippen LogP contribution in [0.4, 0.5) is 4.39 Å². The van der Waals surface area contributed by atoms with Gasteiger partial charge in [-0.3, -0.25) is 4.79 Å². The standard InChI is InChI=1S/C27H27ClFNO6/c1-27(2)11-18(31)22-20(12-27)36-25(30)23(26(32)34-4)21(22)14-7-5-10-19(33-3)24(14)35-13-15-16(28)8-6-9-17(15)29/h5-10,21H,11-13,30H2,1-4H3. The normalized spacial score (nSPS) is 18.9. The molecule has 1 heterocycles. The van der Waals surface area contributed by atoms with Crippen molar-refractivity contribution in [3.63, 3.8) is 0 Å². The molecule has 0 saturated carbocycles. The molecule has 190 valence electrons. The van der Waals surface area contributed by atoms with Crippen molar-refractivity contribution in [2.45, 2.75) is 39.2 Å². The van der Waals surface area contributed by atoms with Crippen LogP contribution in [0, 0.1) is 11.2 Å². The number of rotatable bonds is 6. The summed E-state index contributed by atoms with van der Waals surface area (Å²) in [5.41, 5.74) is 6.74. The molecule has 1 unspecified atom stereocenters. The van der Waals surface area contributed by atoms with Crippen LogP contribution in [0.25, 0.3) is 0 Å². The summed E-state index contributed by atoms with van der Waals surface area (Å²) in [5, 5.41) is 0.201. The number of hydrogen-bond acceptors (Lipinski definition) is 7. The Hall–Kier alpha value is -3.52. The van der Waals surface area contributed by atoms with Crippen LogP contribution in [-0.2, 0) is 25.7 Å². The SMILES string of the molecule is COC(=O)C1=C(N)OC2=C(C(=O)CC(C)(C)C2)C1c1cccc(OC)c1OCc1c(F)cccc1Cl. The van der Waals surface area contributed by atoms with E-state index in [-0.39, 0.29) is 52.0 Å². The van der Waals surface area contributed by atoms with Crippen molar-refractivity contribution >= 4 is 23.4 Å². The van der Waals surface area contributed by atoms with Gasteiger partial charge in [-0.1, -0.05) is 43.6 Å². The Morgan fingerprint density at radius 1 is 1.19 bits per heavy atom. The predicted molar refractivity (Wildman–Crippen MR) is 131 cm³/mol. The molecule has 36 heavy (non-hydrogen) atoms. The fourth-order valence-electron chi connectivity index (χ4n) is 4.69. The van der Waals surface area contributed by atoms with E-state index < -0.39 is 17.7 Å². The van der Waals surface area contributed by atoms with Crippen LogP contribution >= 0.6 is 11.6 Å². The number of carbonyl (C=O) groups excluding carboxylic acids is 2. The van der Waals surface area contributed by atoms with E-state index in [1.165, 1.54) is 26.4 Å². The summed E-state index contributed by atoms with van der Waals surface area (Å²) in [6, 6.07) is 9.40. The van der Waals surface area contributed by atoms with E-state index in [4.69, 9.17) is 36.3 Å². The van der Waals surface area contributed by atoms with Gasteiger partial charge < -0.3 is 24.7 Å². The van der Waals surface area contributed by atoms with Crippen molar-refractivity contribution in [3.8, 4) is 11.5 Å². The second-order valence-electron chi connectivity index (χ2n) is 9.45. The quantitative estimate of drug-likeness (QED) is 0.530. The lowest BCUT2D eigenvalue weighted by atomic mass is 9.70. The molecular weight excluding hydrogens is 489 g/mol. The zero-order valence-electron chi connectivity index (χ0n) is 20.4. The Labute approximate surface area is 213 Å². The van der Waals surface area contributed by atoms with Crippen LogP contribution in [-0.4, -0.2) is 26.0 Å². The van der Waals surface area contributed by atoms with Gasteiger partial charge in [0.25, 0.3) is 0 Å². The van der Waals surface area contributed by atoms with Gasteiger partial charge in [0.05, 0.1) is 25.2 Å². The Morgan fingerprint density at radius 3 is 2.58 bits per heavy atom. The zero-order chi connectivity index (χ0) is 26.2. The zero-order valence-corrected chi connectivity index (χ0v) is 21.2. The Morgan fingerprint density at radius 2 is 1.92 bits per heavy atom. The number of nitrogens with two attached hydrogens (primary N) is 1. The van der Waals surface area contributed by atoms with Gasteiger partial charge in [-0.15, -0.1) is 0 Å². The van der Waals surface area contributed by atoms with Crippen molar-refractivity contribution < 1.29 is 32.9 Å². The third kappa shape index (κ3) is 4.65. The molecule has 0 aromatic heterocycles. The average molecular weight is 516 g/mol. The summed E-state index contributed by atoms with van der Waals surface area (Å²) in [6.45, 7) is 3.70. The lowest BCUT2D eigenvalue weighted by Gasteiger charge is -2.38. The fourth-order valence-corrected chi connectivity index (χ4v) is 4.91. The maximum Gasteiger partial charge on any atom is 0.340 e. The summed E-state index contributed by atoms with van der Waals surface area (Å²) < 4.78 is 36.9. The summed E-state index contributed by atoms with van der Waals surface area (Å²) in [5.74, 6) is -1.60. The number of methoxy groups -OCH3 is 2. The number of ether oxygens (including phenoxy) is 4. The molecule has 2 N–H and O–H groups in total. The van der Waals surface area contributed by atoms with Crippen molar-refractivity contribution in [1.82, 2.24) is 0 Å². The second kappa shape index (κ2) is 9.85. The highest BCUT2D eigenvalue weighted by Crippen LogP contribution is 2.51. The molecule has 2 aliphatic rings. The number of Topliss-reactive ketones (excluding diaryl/α,β-unsaturated/α-hetero) is 1. The minimum absolute atomic E-state index is 0.0219. The number of esters is 1. The van der Waals surface area contributed by atoms with Gasteiger partial charge in [-0.05, 0) is 23.6 Å². The van der Waals surface area contributed by atoms with Crippen LogP contribution in [0.2, 0.25) is 5.02 Å². The van der Waals surface area contributed by atoms with Gasteiger partial charge >= 0.3 is 5.97 Å². The molecule has 1 aliphatic carbocycles. The van der Waals surface area contributed by atoms with Gasteiger partial charge in [-0.2, -0.15) is 0 Å². The number of carbonyl (C=O) groups is 2. The molecule has 0 spiro atoms. The number of para-hydroxylation sites is 1. The van der Waals surface area contributed by atoms with Crippen molar-refractivity contribution in [1.29, 1.82) is 0 Å². The van der Waals surface area contributed by atoms with E-state index in [1.54, 1.807) is 24.3 Å². The average Bonchev–Trinajstić information content (AvgIpc) is 2.81. The molecule has 1 aliphatic heterocycles. The van der Waals surface area contributed by atoms with Crippen LogP contribution < -0.4 is 15.2 Å². The Balaban J connectivity index is 1.89. The maximum atomic E-state index is 14.5. The van der Waals surface area contributed by atoms with Crippen LogP contribution in [0.3, 0.4) is 0 Å². The Bertz CT molecular complexity index is 1280. The minimum atomic E-state index is -0.939. The van der Waals surface area contributed by atoms with E-state index in [1.807, 2.05) is 13.8 Å². The van der Waals surface area contributed by atoms with E-state index in [2.05, 4.69) is 0 Å². The molecule has 9 heteroatoms. The van der Waals surface area contributed by atoms with Gasteiger partial charge in [0.1, 0.15) is 23.8 Å². The molecule has 0 fully saturated rings. The summed E-state index contributed by atoms with van der Waals surface area (Å²) in [6.07, 6.45) is 0.704. The minimum Gasteiger partial charge on any atom is -0.493 e. The van der Waals surface area contributed by atoms with Crippen LogP contribution in [0.15, 0.2) is 59.2 Å². The van der Waals surface area contributed by atoms with Crippen molar-refractivity contribution in [2.24, 2.45) is 11.1 Å². The smallest absolute Gasteiger partial charge is 0.340 e. The largest absolute Gasteiger partial charge is 0.493 e. The molecule has 2 aromatic carbocycles. The summed E-state index contributed by atoms with van der Waals surface area (Å²) >= 11 is 6.19. The second-order valence-corrected chi connectivity index (χ2v) is 9.86. The predicted octanol–water partition coefficient (Wildman–Crippen LogP) is 5.17. The van der Waals surface area contributed by atoms with Crippen LogP contribution in [0.1, 0.15) is 43.7 Å². The molecule has 0 saturated heterocycles. The highest BCUT2D eigenvalue weighted by Gasteiger charge is 2.46. The first-order chi connectivity index (χ1) is 17.1. The van der Waals surface area contributed by atoms with Crippen molar-refractivity contribution in [2.75, 3.05) is 14.2 Å². The molecule has 2 aromatic rings. The first-order valence-corrected chi connectivity index (χ1v) is 11.7. The molecule has 4 rings (SSSR count).